The van der Waals surface area contributed by atoms with Gasteiger partial charge in [-0.15, -0.1) is 0 Å². The van der Waals surface area contributed by atoms with Gasteiger partial charge in [0.05, 0.1) is 36.7 Å². The van der Waals surface area contributed by atoms with Crippen LogP contribution in [0, 0.1) is 53.3 Å². The third-order valence-corrected chi connectivity index (χ3v) is 12.7. The van der Waals surface area contributed by atoms with Gasteiger partial charge in [-0.3, -0.25) is 9.59 Å². The number of ether oxygens (including phenoxy) is 1. The van der Waals surface area contributed by atoms with Crippen LogP contribution in [-0.2, 0) is 14.3 Å². The number of aliphatic hydroxyl groups is 4. The van der Waals surface area contributed by atoms with Crippen LogP contribution >= 0.6 is 0 Å². The van der Waals surface area contributed by atoms with Gasteiger partial charge < -0.3 is 41.5 Å². The van der Waals surface area contributed by atoms with E-state index in [9.17, 15) is 30.0 Å². The normalized spacial score (nSPS) is 39.4. The highest BCUT2D eigenvalue weighted by Crippen LogP contribution is 2.42. The molecule has 6 unspecified atom stereocenters. The van der Waals surface area contributed by atoms with Gasteiger partial charge in [-0.25, -0.2) is 0 Å². The van der Waals surface area contributed by atoms with E-state index in [-0.39, 0.29) is 42.2 Å². The van der Waals surface area contributed by atoms with Gasteiger partial charge in [-0.05, 0) is 120 Å². The van der Waals surface area contributed by atoms with Gasteiger partial charge in [0, 0.05) is 38.3 Å². The molecule has 0 aromatic rings. The predicted molar refractivity (Wildman–Crippen MR) is 183 cm³/mol. The van der Waals surface area contributed by atoms with E-state index < -0.39 is 30.3 Å². The second kappa shape index (κ2) is 18.2. The number of carbonyl (C=O) groups excluding carboxylic acids is 2. The molecule has 2 saturated heterocycles. The van der Waals surface area contributed by atoms with Gasteiger partial charge in [0.15, 0.2) is 0 Å². The molecule has 5 aliphatic rings. The number of nitrogens with two attached hydrogens (primary N) is 1. The summed E-state index contributed by atoms with van der Waals surface area (Å²) in [5.74, 6) is 7.38. The maximum absolute atomic E-state index is 13.5. The topological polar surface area (TPSA) is 174 Å². The van der Waals surface area contributed by atoms with Crippen molar-refractivity contribution < 1.29 is 34.8 Å². The number of nitrogens with one attached hydrogen (secondary N) is 2. The molecule has 272 valence electrons. The molecular weight excluding hydrogens is 610 g/mol. The summed E-state index contributed by atoms with van der Waals surface area (Å²) >= 11 is 0. The van der Waals surface area contributed by atoms with E-state index in [4.69, 9.17) is 10.5 Å². The van der Waals surface area contributed by atoms with E-state index in [2.05, 4.69) is 22.5 Å². The van der Waals surface area contributed by atoms with Crippen LogP contribution < -0.4 is 16.4 Å². The second-order valence-corrected chi connectivity index (χ2v) is 16.0. The zero-order chi connectivity index (χ0) is 34.2. The van der Waals surface area contributed by atoms with Crippen molar-refractivity contribution in [3.05, 3.63) is 0 Å². The van der Waals surface area contributed by atoms with Crippen molar-refractivity contribution in [1.29, 1.82) is 0 Å². The van der Waals surface area contributed by atoms with Crippen LogP contribution in [0.3, 0.4) is 0 Å². The van der Waals surface area contributed by atoms with E-state index in [1.165, 1.54) is 0 Å². The van der Waals surface area contributed by atoms with Crippen LogP contribution in [0.25, 0.3) is 0 Å². The first-order valence-corrected chi connectivity index (χ1v) is 19.1. The van der Waals surface area contributed by atoms with Crippen molar-refractivity contribution in [2.24, 2.45) is 47.2 Å². The summed E-state index contributed by atoms with van der Waals surface area (Å²) in [4.78, 5) is 25.3. The fraction of sp³-hybridized carbons (Fsp3) is 0.895. The van der Waals surface area contributed by atoms with Crippen molar-refractivity contribution in [2.75, 3.05) is 20.2 Å². The first-order valence-electron chi connectivity index (χ1n) is 19.1. The Balaban J connectivity index is 1.18. The molecular formula is C38H63N3O7. The lowest BCUT2D eigenvalue weighted by Crippen LogP contribution is -2.48. The van der Waals surface area contributed by atoms with Crippen LogP contribution in [0.4, 0.5) is 0 Å². The van der Waals surface area contributed by atoms with Gasteiger partial charge in [-0.1, -0.05) is 24.7 Å². The summed E-state index contributed by atoms with van der Waals surface area (Å²) in [6.07, 6.45) is 8.62. The molecule has 4 fully saturated rings. The number of aliphatic hydroxyl groups excluding tert-OH is 4. The zero-order valence-electron chi connectivity index (χ0n) is 29.1. The number of rotatable bonds is 13. The fourth-order valence-corrected chi connectivity index (χ4v) is 9.64. The number of fused-ring (bicyclic) bond motifs is 2. The Morgan fingerprint density at radius 3 is 2.50 bits per heavy atom. The Labute approximate surface area is 287 Å². The highest BCUT2D eigenvalue weighted by molar-refractivity contribution is 5.84. The molecule has 48 heavy (non-hydrogen) atoms. The van der Waals surface area contributed by atoms with Gasteiger partial charge >= 0.3 is 0 Å². The molecule has 2 aliphatic heterocycles. The Hall–Kier alpha value is -1.42. The van der Waals surface area contributed by atoms with E-state index in [0.29, 0.717) is 80.9 Å². The highest BCUT2D eigenvalue weighted by atomic mass is 16.5. The van der Waals surface area contributed by atoms with Crippen molar-refractivity contribution in [3.63, 3.8) is 0 Å². The second-order valence-electron chi connectivity index (χ2n) is 16.0. The lowest BCUT2D eigenvalue weighted by atomic mass is 9.67. The molecule has 0 radical (unpaired) electrons. The lowest BCUT2D eigenvalue weighted by Gasteiger charge is -2.41. The molecule has 8 N–H and O–H groups in total. The molecule has 5 rings (SSSR count). The SMILES string of the molecule is COC1CC2CCC(=O)[C@@H]([C@H](O)CCCC[C@H]3CN[C@@H]4CC(=O)CC[C@H]4C3)C#C[C@@H](C[C@H](O)[C@H](O)CCC3CCNC(N)C3)C2CC1O. The molecule has 0 bridgehead atoms. The number of ketones is 2. The van der Waals surface area contributed by atoms with Crippen LogP contribution in [0.2, 0.25) is 0 Å². The van der Waals surface area contributed by atoms with Crippen LogP contribution in [0.15, 0.2) is 0 Å². The molecule has 2 saturated carbocycles. The maximum atomic E-state index is 13.5. The van der Waals surface area contributed by atoms with Crippen LogP contribution in [0.1, 0.15) is 109 Å². The third-order valence-electron chi connectivity index (χ3n) is 12.7. The minimum Gasteiger partial charge on any atom is -0.391 e. The van der Waals surface area contributed by atoms with E-state index >= 15 is 0 Å². The van der Waals surface area contributed by atoms with Crippen molar-refractivity contribution >= 4 is 11.6 Å². The molecule has 10 heteroatoms. The number of carbonyl (C=O) groups is 2. The summed E-state index contributed by atoms with van der Waals surface area (Å²) in [7, 11) is 1.60. The number of Topliss-reactive ketones (excluding diaryl/α,β-unsaturated/α-hetero) is 2. The molecule has 3 aliphatic carbocycles. The average molecular weight is 674 g/mol. The first-order chi connectivity index (χ1) is 23.1. The zero-order valence-corrected chi connectivity index (χ0v) is 29.1. The Kier molecular flexibility index (Phi) is 14.3. The molecule has 14 atom stereocenters. The summed E-state index contributed by atoms with van der Waals surface area (Å²) in [5, 5.41) is 51.3. The molecule has 0 amide bonds. The first kappa shape index (κ1) is 37.8. The minimum atomic E-state index is -0.976. The molecule has 0 spiro atoms. The standard InChI is InChI=1S/C38H63N3O7/c1-48-37-19-26-9-13-33(44)29(32(43)5-3-2-4-24-16-27-7-10-28(42)20-31(27)41-22-24)11-8-25(30(26)21-36(37)47)18-35(46)34(45)12-6-23-14-15-40-38(39)17-23/h23-27,29-32,34-38,40-41,43,45-47H,2-7,9-10,12-22,39H2,1H3/t23?,24-,25+,26?,27+,29-,30?,31-,32-,34-,35+,36?,37?,38?/m1/s1. The number of hydrogen-bond donors (Lipinski definition) is 7. The summed E-state index contributed by atoms with van der Waals surface area (Å²) in [6.45, 7) is 1.81. The summed E-state index contributed by atoms with van der Waals surface area (Å²) in [5.41, 5.74) is 6.06. The Morgan fingerprint density at radius 1 is 0.896 bits per heavy atom. The van der Waals surface area contributed by atoms with Gasteiger partial charge in [0.2, 0.25) is 0 Å². The predicted octanol–water partition coefficient (Wildman–Crippen LogP) is 2.43. The summed E-state index contributed by atoms with van der Waals surface area (Å²) < 4.78 is 5.59. The fourth-order valence-electron chi connectivity index (χ4n) is 9.64. The molecule has 0 aromatic carbocycles. The Morgan fingerprint density at radius 2 is 1.71 bits per heavy atom. The molecule has 0 aromatic heterocycles. The van der Waals surface area contributed by atoms with E-state index in [0.717, 1.165) is 64.5 Å². The van der Waals surface area contributed by atoms with Crippen molar-refractivity contribution in [1.82, 2.24) is 10.6 Å². The van der Waals surface area contributed by atoms with Gasteiger partial charge in [0.1, 0.15) is 17.5 Å². The lowest BCUT2D eigenvalue weighted by molar-refractivity contribution is -0.125. The quantitative estimate of drug-likeness (QED) is 0.114. The maximum Gasteiger partial charge on any atom is 0.150 e. The largest absolute Gasteiger partial charge is 0.391 e. The smallest absolute Gasteiger partial charge is 0.150 e. The molecule has 10 nitrogen and oxygen atoms in total. The number of piperidine rings is 2. The van der Waals surface area contributed by atoms with Gasteiger partial charge in [-0.2, -0.15) is 0 Å². The molecule has 2 heterocycles. The summed E-state index contributed by atoms with van der Waals surface area (Å²) in [6, 6.07) is 0.344. The van der Waals surface area contributed by atoms with E-state index in [1.807, 2.05) is 0 Å². The van der Waals surface area contributed by atoms with Gasteiger partial charge in [0.25, 0.3) is 0 Å². The van der Waals surface area contributed by atoms with Crippen LogP contribution in [-0.4, -0.2) is 94.9 Å². The van der Waals surface area contributed by atoms with E-state index in [1.54, 1.807) is 7.11 Å². The number of hydrogen-bond acceptors (Lipinski definition) is 10. The number of unbranched alkanes of at least 4 members (excludes halogenated alkanes) is 1. The van der Waals surface area contributed by atoms with Crippen LogP contribution in [0.5, 0.6) is 0 Å². The average Bonchev–Trinajstić information content (AvgIpc) is 3.13. The number of methoxy groups -OCH3 is 1. The van der Waals surface area contributed by atoms with Crippen molar-refractivity contribution in [3.8, 4) is 11.8 Å². The highest BCUT2D eigenvalue weighted by Gasteiger charge is 2.42. The van der Waals surface area contributed by atoms with Crippen molar-refractivity contribution in [2.45, 2.75) is 152 Å². The third kappa shape index (κ3) is 10.3. The Bertz CT molecular complexity index is 1110. The minimum absolute atomic E-state index is 0.0239. The monoisotopic (exact) mass is 673 g/mol.